The van der Waals surface area contributed by atoms with Crippen molar-refractivity contribution in [2.75, 3.05) is 5.32 Å². The third-order valence-corrected chi connectivity index (χ3v) is 3.88. The predicted molar refractivity (Wildman–Crippen MR) is 81.9 cm³/mol. The summed E-state index contributed by atoms with van der Waals surface area (Å²) in [5, 5.41) is 3.00. The number of rotatable bonds is 4. The molecule has 0 aliphatic rings. The highest BCUT2D eigenvalue weighted by atomic mass is 79.9. The molecule has 106 valence electrons. The number of nitrogens with one attached hydrogen (secondary N) is 1. The summed E-state index contributed by atoms with van der Waals surface area (Å²) >= 11 is 2.96. The van der Waals surface area contributed by atoms with E-state index in [1.54, 1.807) is 0 Å². The van der Waals surface area contributed by atoms with Crippen LogP contribution in [0.1, 0.15) is 31.0 Å². The fourth-order valence-corrected chi connectivity index (χ4v) is 2.31. The van der Waals surface area contributed by atoms with Gasteiger partial charge in [0.2, 0.25) is 0 Å². The zero-order valence-corrected chi connectivity index (χ0v) is 13.0. The summed E-state index contributed by atoms with van der Waals surface area (Å²) in [6, 6.07) is 10.3. The van der Waals surface area contributed by atoms with Gasteiger partial charge >= 0.3 is 0 Å². The molecule has 0 saturated heterocycles. The Balaban J connectivity index is 2.18. The average molecular weight is 340 g/mol. The van der Waals surface area contributed by atoms with Crippen molar-refractivity contribution >= 4 is 21.6 Å². The molecule has 1 N–H and O–H groups in total. The van der Waals surface area contributed by atoms with Crippen LogP contribution in [-0.4, -0.2) is 0 Å². The molecule has 2 aromatic rings. The summed E-state index contributed by atoms with van der Waals surface area (Å²) in [7, 11) is 0. The summed E-state index contributed by atoms with van der Waals surface area (Å²) in [5.41, 5.74) is 2.45. The Labute approximate surface area is 126 Å². The van der Waals surface area contributed by atoms with Crippen molar-refractivity contribution in [3.63, 3.8) is 0 Å². The van der Waals surface area contributed by atoms with E-state index in [0.717, 1.165) is 24.1 Å². The number of benzene rings is 2. The molecule has 0 heterocycles. The first kappa shape index (κ1) is 15.0. The van der Waals surface area contributed by atoms with Crippen molar-refractivity contribution in [1.82, 2.24) is 0 Å². The van der Waals surface area contributed by atoms with Gasteiger partial charge in [0.05, 0.1) is 10.2 Å². The lowest BCUT2D eigenvalue weighted by Gasteiger charge is -2.17. The van der Waals surface area contributed by atoms with Crippen LogP contribution in [0.2, 0.25) is 0 Å². The molecular formula is C16H16BrF2N. The monoisotopic (exact) mass is 339 g/mol. The van der Waals surface area contributed by atoms with Gasteiger partial charge < -0.3 is 5.32 Å². The lowest BCUT2D eigenvalue weighted by molar-refractivity contribution is 0.595. The van der Waals surface area contributed by atoms with Crippen LogP contribution >= 0.6 is 15.9 Å². The van der Waals surface area contributed by atoms with Gasteiger partial charge in [0, 0.05) is 12.1 Å². The molecule has 0 radical (unpaired) electrons. The summed E-state index contributed by atoms with van der Waals surface area (Å²) < 4.78 is 27.3. The van der Waals surface area contributed by atoms with Gasteiger partial charge in [0.25, 0.3) is 0 Å². The van der Waals surface area contributed by atoms with E-state index in [-0.39, 0.29) is 16.2 Å². The van der Waals surface area contributed by atoms with Crippen LogP contribution in [0, 0.1) is 11.6 Å². The van der Waals surface area contributed by atoms with E-state index in [9.17, 15) is 8.78 Å². The maximum atomic E-state index is 13.8. The molecule has 0 aromatic heterocycles. The minimum atomic E-state index is -0.484. The van der Waals surface area contributed by atoms with E-state index in [2.05, 4.69) is 28.2 Å². The zero-order chi connectivity index (χ0) is 14.7. The molecule has 0 aliphatic carbocycles. The lowest BCUT2D eigenvalue weighted by atomic mass is 10.0. The highest BCUT2D eigenvalue weighted by Crippen LogP contribution is 2.26. The number of aryl methyl sites for hydroxylation is 1. The van der Waals surface area contributed by atoms with E-state index in [1.807, 2.05) is 31.2 Å². The average Bonchev–Trinajstić information content (AvgIpc) is 2.44. The molecule has 2 aromatic carbocycles. The Morgan fingerprint density at radius 2 is 1.75 bits per heavy atom. The molecule has 0 spiro atoms. The summed E-state index contributed by atoms with van der Waals surface area (Å²) in [6.45, 7) is 4.01. The first-order valence-corrected chi connectivity index (χ1v) is 7.30. The fraction of sp³-hybridized carbons (Fsp3) is 0.250. The van der Waals surface area contributed by atoms with Crippen molar-refractivity contribution in [3.8, 4) is 0 Å². The highest BCUT2D eigenvalue weighted by molar-refractivity contribution is 9.10. The Morgan fingerprint density at radius 3 is 2.35 bits per heavy atom. The van der Waals surface area contributed by atoms with Crippen molar-refractivity contribution in [3.05, 3.63) is 63.6 Å². The van der Waals surface area contributed by atoms with Gasteiger partial charge in [-0.15, -0.1) is 0 Å². The van der Waals surface area contributed by atoms with E-state index >= 15 is 0 Å². The molecule has 0 aliphatic heterocycles. The zero-order valence-electron chi connectivity index (χ0n) is 11.4. The van der Waals surface area contributed by atoms with Crippen LogP contribution in [0.25, 0.3) is 0 Å². The van der Waals surface area contributed by atoms with Crippen LogP contribution in [0.5, 0.6) is 0 Å². The first-order valence-electron chi connectivity index (χ1n) is 6.51. The van der Waals surface area contributed by atoms with E-state index in [4.69, 9.17) is 0 Å². The van der Waals surface area contributed by atoms with Crippen molar-refractivity contribution in [2.24, 2.45) is 0 Å². The van der Waals surface area contributed by atoms with Gasteiger partial charge in [-0.1, -0.05) is 31.2 Å². The molecule has 1 nitrogen and oxygen atoms in total. The van der Waals surface area contributed by atoms with Gasteiger partial charge in [-0.3, -0.25) is 0 Å². The topological polar surface area (TPSA) is 12.0 Å². The van der Waals surface area contributed by atoms with Gasteiger partial charge in [-0.05, 0) is 46.5 Å². The summed E-state index contributed by atoms with van der Waals surface area (Å²) in [6.07, 6.45) is 0.981. The Bertz CT molecular complexity index is 596. The number of halogens is 3. The minimum absolute atomic E-state index is 0.101. The second-order valence-corrected chi connectivity index (χ2v) is 5.56. The summed E-state index contributed by atoms with van der Waals surface area (Å²) in [5.74, 6) is -0.960. The lowest BCUT2D eigenvalue weighted by Crippen LogP contribution is -2.08. The minimum Gasteiger partial charge on any atom is -0.376 e. The molecule has 0 bridgehead atoms. The van der Waals surface area contributed by atoms with Gasteiger partial charge in [-0.2, -0.15) is 0 Å². The van der Waals surface area contributed by atoms with E-state index in [0.29, 0.717) is 0 Å². The van der Waals surface area contributed by atoms with Gasteiger partial charge in [0.15, 0.2) is 0 Å². The molecule has 0 saturated carbocycles. The van der Waals surface area contributed by atoms with Crippen LogP contribution in [-0.2, 0) is 6.42 Å². The SMILES string of the molecule is CCc1ccc(C(C)Nc2cc(F)c(Br)cc2F)cc1. The molecule has 1 atom stereocenters. The van der Waals surface area contributed by atoms with E-state index in [1.165, 1.54) is 5.56 Å². The summed E-state index contributed by atoms with van der Waals surface area (Å²) in [4.78, 5) is 0. The molecule has 4 heteroatoms. The predicted octanol–water partition coefficient (Wildman–Crippen LogP) is 5.46. The maximum absolute atomic E-state index is 13.8. The van der Waals surface area contributed by atoms with Gasteiger partial charge in [-0.25, -0.2) is 8.78 Å². The Hall–Kier alpha value is -1.42. The van der Waals surface area contributed by atoms with Crippen molar-refractivity contribution in [1.29, 1.82) is 0 Å². The third-order valence-electron chi connectivity index (χ3n) is 3.27. The molecule has 0 fully saturated rings. The second-order valence-electron chi connectivity index (χ2n) is 4.71. The van der Waals surface area contributed by atoms with Crippen LogP contribution in [0.4, 0.5) is 14.5 Å². The third kappa shape index (κ3) is 3.37. The molecular weight excluding hydrogens is 324 g/mol. The largest absolute Gasteiger partial charge is 0.376 e. The van der Waals surface area contributed by atoms with Crippen LogP contribution in [0.3, 0.4) is 0 Å². The Kier molecular flexibility index (Phi) is 4.76. The number of hydrogen-bond donors (Lipinski definition) is 1. The number of hydrogen-bond acceptors (Lipinski definition) is 1. The van der Waals surface area contributed by atoms with Gasteiger partial charge in [0.1, 0.15) is 11.6 Å². The molecule has 0 amide bonds. The quantitative estimate of drug-likeness (QED) is 0.729. The number of anilines is 1. The molecule has 2 rings (SSSR count). The fourth-order valence-electron chi connectivity index (χ4n) is 1.99. The first-order chi connectivity index (χ1) is 9.51. The van der Waals surface area contributed by atoms with Crippen LogP contribution < -0.4 is 5.32 Å². The van der Waals surface area contributed by atoms with Crippen LogP contribution in [0.15, 0.2) is 40.9 Å². The van der Waals surface area contributed by atoms with Crippen molar-refractivity contribution in [2.45, 2.75) is 26.3 Å². The standard InChI is InChI=1S/C16H16BrF2N/c1-3-11-4-6-12(7-5-11)10(2)20-16-9-14(18)13(17)8-15(16)19/h4-10,20H,3H2,1-2H3. The molecule has 20 heavy (non-hydrogen) atoms. The highest BCUT2D eigenvalue weighted by Gasteiger charge is 2.11. The second kappa shape index (κ2) is 6.35. The van der Waals surface area contributed by atoms with Crippen molar-refractivity contribution < 1.29 is 8.78 Å². The van der Waals surface area contributed by atoms with E-state index < -0.39 is 11.6 Å². The molecule has 1 unspecified atom stereocenters. The normalized spacial score (nSPS) is 12.2. The smallest absolute Gasteiger partial charge is 0.147 e. The maximum Gasteiger partial charge on any atom is 0.147 e. The Morgan fingerprint density at radius 1 is 1.10 bits per heavy atom.